The van der Waals surface area contributed by atoms with Crippen LogP contribution in [0.15, 0.2) is 23.3 Å². The average molecular weight is 473 g/mol. The summed E-state index contributed by atoms with van der Waals surface area (Å²) in [6.45, 7) is 21.7. The molecule has 2 aromatic heterocycles. The van der Waals surface area contributed by atoms with E-state index in [1.165, 1.54) is 9.00 Å². The van der Waals surface area contributed by atoms with E-state index in [0.29, 0.717) is 22.3 Å². The Morgan fingerprint density at radius 2 is 0.900 bits per heavy atom. The Labute approximate surface area is 190 Å². The minimum Gasteiger partial charge on any atom is -0.289 e. The van der Waals surface area contributed by atoms with Gasteiger partial charge in [0.2, 0.25) is 0 Å². The molecular formula is C24H32O2S2Si2. The van der Waals surface area contributed by atoms with Crippen molar-refractivity contribution < 1.29 is 9.59 Å². The van der Waals surface area contributed by atoms with Gasteiger partial charge in [-0.25, -0.2) is 0 Å². The Bertz CT molecular complexity index is 1040. The van der Waals surface area contributed by atoms with Gasteiger partial charge in [-0.2, -0.15) is 0 Å². The van der Waals surface area contributed by atoms with E-state index in [2.05, 4.69) is 65.3 Å². The van der Waals surface area contributed by atoms with Crippen LogP contribution < -0.4 is 9.00 Å². The number of rotatable bonds is 4. The van der Waals surface area contributed by atoms with E-state index in [0.717, 1.165) is 20.9 Å². The lowest BCUT2D eigenvalue weighted by molar-refractivity contribution is -0.113. The van der Waals surface area contributed by atoms with Crippen molar-refractivity contribution in [3.8, 4) is 0 Å². The number of ketones is 2. The van der Waals surface area contributed by atoms with E-state index >= 15 is 0 Å². The van der Waals surface area contributed by atoms with Gasteiger partial charge in [0.05, 0.1) is 16.1 Å². The molecule has 6 heteroatoms. The van der Waals surface area contributed by atoms with Gasteiger partial charge < -0.3 is 0 Å². The Kier molecular flexibility index (Phi) is 5.95. The smallest absolute Gasteiger partial charge is 0.190 e. The Balaban J connectivity index is 2.37. The van der Waals surface area contributed by atoms with Crippen molar-refractivity contribution in [1.29, 1.82) is 0 Å². The van der Waals surface area contributed by atoms with Crippen LogP contribution in [0, 0.1) is 13.8 Å². The molecule has 3 rings (SSSR count). The van der Waals surface area contributed by atoms with Crippen LogP contribution in [-0.4, -0.2) is 27.7 Å². The largest absolute Gasteiger partial charge is 0.289 e. The second-order valence-electron chi connectivity index (χ2n) is 10.3. The Hall–Kier alpha value is -1.35. The van der Waals surface area contributed by atoms with E-state index in [1.807, 2.05) is 0 Å². The molecule has 0 saturated carbocycles. The molecule has 0 bridgehead atoms. The highest BCUT2D eigenvalue weighted by atomic mass is 32.1. The molecule has 2 nitrogen and oxygen atoms in total. The molecule has 1 aliphatic rings. The molecular weight excluding hydrogens is 441 g/mol. The molecule has 0 spiro atoms. The summed E-state index contributed by atoms with van der Waals surface area (Å²) >= 11 is 3.58. The second-order valence-corrected chi connectivity index (χ2v) is 23.6. The third-order valence-corrected chi connectivity index (χ3v) is 15.1. The highest BCUT2D eigenvalue weighted by molar-refractivity contribution is 7.27. The van der Waals surface area contributed by atoms with Crippen LogP contribution in [0.3, 0.4) is 0 Å². The van der Waals surface area contributed by atoms with Gasteiger partial charge in [-0.15, -0.1) is 22.7 Å². The molecule has 1 aliphatic carbocycles. The Morgan fingerprint density at radius 1 is 0.600 bits per heavy atom. The van der Waals surface area contributed by atoms with Gasteiger partial charge in [-0.05, 0) is 60.0 Å². The summed E-state index contributed by atoms with van der Waals surface area (Å²) in [6, 6.07) is 4.39. The van der Waals surface area contributed by atoms with E-state index in [-0.39, 0.29) is 11.6 Å². The normalized spacial score (nSPS) is 16.2. The standard InChI is InChI=1S/C24H32O2S2Si2/c1-13-14(2)24(26)22(18-12-20(28-16(18)4)30(8,9)10)21(23(13)25)17-11-19(27-15(17)3)29(5,6)7/h11-12H,1-10H3. The zero-order valence-corrected chi connectivity index (χ0v) is 23.4. The first-order valence-corrected chi connectivity index (χ1v) is 19.0. The summed E-state index contributed by atoms with van der Waals surface area (Å²) in [5.74, 6) is 0.00978. The third kappa shape index (κ3) is 3.95. The lowest BCUT2D eigenvalue weighted by atomic mass is 9.79. The van der Waals surface area contributed by atoms with Crippen molar-refractivity contribution in [1.82, 2.24) is 0 Å². The molecule has 0 saturated heterocycles. The molecule has 0 aromatic carbocycles. The molecule has 2 heterocycles. The highest BCUT2D eigenvalue weighted by Gasteiger charge is 2.36. The monoisotopic (exact) mass is 472 g/mol. The number of Topliss-reactive ketones (excluding diaryl/α,β-unsaturated/α-hetero) is 2. The van der Waals surface area contributed by atoms with Crippen LogP contribution in [0.25, 0.3) is 11.1 Å². The minimum atomic E-state index is -1.51. The number of aryl methyl sites for hydroxylation is 2. The number of carbonyl (C=O) groups is 2. The van der Waals surface area contributed by atoms with Crippen molar-refractivity contribution in [2.75, 3.05) is 0 Å². The van der Waals surface area contributed by atoms with Crippen molar-refractivity contribution >= 4 is 70.5 Å². The third-order valence-electron chi connectivity index (χ3n) is 5.80. The molecule has 2 aromatic rings. The quantitative estimate of drug-likeness (QED) is 0.409. The molecule has 0 aliphatic heterocycles. The summed E-state index contributed by atoms with van der Waals surface area (Å²) in [7, 11) is -3.03. The number of carbonyl (C=O) groups excluding carboxylic acids is 2. The van der Waals surface area contributed by atoms with E-state index in [1.54, 1.807) is 36.5 Å². The lowest BCUT2D eigenvalue weighted by Crippen LogP contribution is -2.35. The summed E-state index contributed by atoms with van der Waals surface area (Å²) in [6.07, 6.45) is 0. The van der Waals surface area contributed by atoms with Gasteiger partial charge in [0.25, 0.3) is 0 Å². The van der Waals surface area contributed by atoms with E-state index in [4.69, 9.17) is 0 Å². The predicted octanol–water partition coefficient (Wildman–Crippen LogP) is 5.92. The van der Waals surface area contributed by atoms with Gasteiger partial charge in [0.1, 0.15) is 0 Å². The fourth-order valence-electron chi connectivity index (χ4n) is 3.66. The average Bonchev–Trinajstić information content (AvgIpc) is 3.19. The minimum absolute atomic E-state index is 0.00489. The van der Waals surface area contributed by atoms with Crippen LogP contribution in [0.4, 0.5) is 0 Å². The van der Waals surface area contributed by atoms with Crippen molar-refractivity contribution in [3.63, 3.8) is 0 Å². The maximum absolute atomic E-state index is 13.6. The number of thiophene rings is 2. The summed E-state index contributed by atoms with van der Waals surface area (Å²) < 4.78 is 2.74. The summed E-state index contributed by atoms with van der Waals surface area (Å²) in [4.78, 5) is 29.4. The molecule has 0 fully saturated rings. The fraction of sp³-hybridized carbons (Fsp3) is 0.417. The Morgan fingerprint density at radius 3 is 1.13 bits per heavy atom. The number of hydrogen-bond donors (Lipinski definition) is 0. The molecule has 0 N–H and O–H groups in total. The molecule has 160 valence electrons. The van der Waals surface area contributed by atoms with Crippen LogP contribution in [0.1, 0.15) is 34.7 Å². The van der Waals surface area contributed by atoms with E-state index < -0.39 is 16.1 Å². The zero-order chi connectivity index (χ0) is 22.8. The summed E-state index contributed by atoms with van der Waals surface area (Å²) in [5.41, 5.74) is 4.30. The van der Waals surface area contributed by atoms with E-state index in [9.17, 15) is 9.59 Å². The first-order chi connectivity index (χ1) is 13.6. The van der Waals surface area contributed by atoms with Crippen molar-refractivity contribution in [2.24, 2.45) is 0 Å². The maximum atomic E-state index is 13.6. The van der Waals surface area contributed by atoms with Gasteiger partial charge in [0, 0.05) is 32.0 Å². The zero-order valence-electron chi connectivity index (χ0n) is 19.8. The van der Waals surface area contributed by atoms with Crippen LogP contribution in [-0.2, 0) is 9.59 Å². The molecule has 0 unspecified atom stereocenters. The van der Waals surface area contributed by atoms with Crippen molar-refractivity contribution in [2.45, 2.75) is 67.0 Å². The van der Waals surface area contributed by atoms with Gasteiger partial charge >= 0.3 is 0 Å². The van der Waals surface area contributed by atoms with Gasteiger partial charge in [0.15, 0.2) is 11.6 Å². The second kappa shape index (κ2) is 7.66. The summed E-state index contributed by atoms with van der Waals surface area (Å²) in [5, 5.41) is 0. The first-order valence-electron chi connectivity index (χ1n) is 10.4. The highest BCUT2D eigenvalue weighted by Crippen LogP contribution is 2.40. The molecule has 0 radical (unpaired) electrons. The maximum Gasteiger partial charge on any atom is 0.190 e. The van der Waals surface area contributed by atoms with Crippen LogP contribution >= 0.6 is 22.7 Å². The predicted molar refractivity (Wildman–Crippen MR) is 139 cm³/mol. The first kappa shape index (κ1) is 23.3. The van der Waals surface area contributed by atoms with Crippen LogP contribution in [0.5, 0.6) is 0 Å². The molecule has 0 atom stereocenters. The van der Waals surface area contributed by atoms with Crippen molar-refractivity contribution in [3.05, 3.63) is 44.2 Å². The molecule has 0 amide bonds. The number of allylic oxidation sites excluding steroid dienone is 4. The van der Waals surface area contributed by atoms with Crippen LogP contribution in [0.2, 0.25) is 39.3 Å². The lowest BCUT2D eigenvalue weighted by Gasteiger charge is -2.21. The molecule has 30 heavy (non-hydrogen) atoms. The number of hydrogen-bond acceptors (Lipinski definition) is 4. The SMILES string of the molecule is CC1=C(C)C(=O)C(c2cc([Si](C)(C)C)sc2C)=C(c2cc([Si](C)(C)C)sc2C)C1=O. The van der Waals surface area contributed by atoms with Gasteiger partial charge in [-0.3, -0.25) is 9.59 Å². The fourth-order valence-corrected chi connectivity index (χ4v) is 9.73. The van der Waals surface area contributed by atoms with Gasteiger partial charge in [-0.1, -0.05) is 39.3 Å². The topological polar surface area (TPSA) is 34.1 Å².